The van der Waals surface area contributed by atoms with Gasteiger partial charge in [0.2, 0.25) is 0 Å². The van der Waals surface area contributed by atoms with Gasteiger partial charge < -0.3 is 9.47 Å². The van der Waals surface area contributed by atoms with Crippen LogP contribution in [0.4, 0.5) is 0 Å². The van der Waals surface area contributed by atoms with Crippen molar-refractivity contribution in [2.75, 3.05) is 13.7 Å². The Bertz CT molecular complexity index is 519. The summed E-state index contributed by atoms with van der Waals surface area (Å²) in [4.78, 5) is 11.0. The molecule has 0 aromatic heterocycles. The highest BCUT2D eigenvalue weighted by atomic mass is 16.5. The fourth-order valence-corrected chi connectivity index (χ4v) is 3.50. The van der Waals surface area contributed by atoms with Crippen LogP contribution in [0.1, 0.15) is 38.7 Å². The van der Waals surface area contributed by atoms with Gasteiger partial charge in [0.25, 0.3) is 0 Å². The summed E-state index contributed by atoms with van der Waals surface area (Å²) < 4.78 is 10.4. The number of allylic oxidation sites excluding steroid dienone is 1. The lowest BCUT2D eigenvalue weighted by Gasteiger charge is -2.05. The molecule has 1 aromatic rings. The zero-order valence-electron chi connectivity index (χ0n) is 14.5. The fourth-order valence-electron chi connectivity index (χ4n) is 3.50. The molecule has 0 saturated heterocycles. The fraction of sp³-hybridized carbons (Fsp3) is 0.550. The molecule has 1 aliphatic rings. The summed E-state index contributed by atoms with van der Waals surface area (Å²) in [6, 6.07) is 10.3. The van der Waals surface area contributed by atoms with E-state index < -0.39 is 0 Å². The van der Waals surface area contributed by atoms with E-state index in [2.05, 4.69) is 30.7 Å². The average Bonchev–Trinajstić information content (AvgIpc) is 3.08. The summed E-state index contributed by atoms with van der Waals surface area (Å²) in [6.45, 7) is 6.19. The quantitative estimate of drug-likeness (QED) is 0.385. The van der Waals surface area contributed by atoms with Gasteiger partial charge in [0.15, 0.2) is 0 Å². The van der Waals surface area contributed by atoms with E-state index >= 15 is 0 Å². The van der Waals surface area contributed by atoms with Crippen molar-refractivity contribution in [2.24, 2.45) is 17.3 Å². The molecular weight excluding hydrogens is 288 g/mol. The number of methoxy groups -OCH3 is 1. The molecule has 126 valence electrons. The number of rotatable bonds is 9. The second kappa shape index (κ2) is 8.30. The molecule has 1 aromatic carbocycles. The molecule has 2 atom stereocenters. The number of carbonyl (C=O) groups is 1. The molecule has 3 heteroatoms. The lowest BCUT2D eigenvalue weighted by atomic mass is 10.1. The summed E-state index contributed by atoms with van der Waals surface area (Å²) in [6.07, 6.45) is 6.62. The lowest BCUT2D eigenvalue weighted by molar-refractivity contribution is -0.134. The second-order valence-electron chi connectivity index (χ2n) is 6.86. The van der Waals surface area contributed by atoms with E-state index in [1.54, 1.807) is 0 Å². The first-order chi connectivity index (χ1) is 11.1. The predicted molar refractivity (Wildman–Crippen MR) is 91.9 cm³/mol. The van der Waals surface area contributed by atoms with E-state index in [1.807, 2.05) is 24.3 Å². The van der Waals surface area contributed by atoms with E-state index in [-0.39, 0.29) is 5.97 Å². The maximum Gasteiger partial charge on any atom is 0.330 e. The number of carbonyl (C=O) groups excluding carboxylic acids is 1. The first kappa shape index (κ1) is 17.7. The van der Waals surface area contributed by atoms with E-state index in [0.29, 0.717) is 12.0 Å². The Hall–Kier alpha value is -1.61. The van der Waals surface area contributed by atoms with Crippen LogP contribution in [0.5, 0.6) is 0 Å². The molecule has 2 rings (SSSR count). The molecule has 2 unspecified atom stereocenters. The van der Waals surface area contributed by atoms with Gasteiger partial charge in [0, 0.05) is 12.7 Å². The zero-order valence-corrected chi connectivity index (χ0v) is 14.5. The Balaban J connectivity index is 1.63. The monoisotopic (exact) mass is 316 g/mol. The van der Waals surface area contributed by atoms with Crippen molar-refractivity contribution < 1.29 is 14.3 Å². The van der Waals surface area contributed by atoms with Crippen molar-refractivity contribution in [2.45, 2.75) is 39.7 Å². The summed E-state index contributed by atoms with van der Waals surface area (Å²) in [5.41, 5.74) is 1.63. The predicted octanol–water partition coefficient (Wildman–Crippen LogP) is 4.37. The smallest absolute Gasteiger partial charge is 0.330 e. The van der Waals surface area contributed by atoms with Gasteiger partial charge in [-0.1, -0.05) is 50.3 Å². The molecule has 0 spiro atoms. The van der Waals surface area contributed by atoms with Crippen molar-refractivity contribution in [1.82, 2.24) is 0 Å². The minimum absolute atomic E-state index is 0.272. The average molecular weight is 316 g/mol. The molecule has 0 N–H and O–H groups in total. The molecule has 3 nitrogen and oxygen atoms in total. The molecule has 1 aliphatic carbocycles. The van der Waals surface area contributed by atoms with Crippen LogP contribution < -0.4 is 0 Å². The minimum atomic E-state index is -0.272. The molecule has 1 fully saturated rings. The Morgan fingerprint density at radius 3 is 2.57 bits per heavy atom. The van der Waals surface area contributed by atoms with Crippen LogP contribution in [-0.4, -0.2) is 19.7 Å². The number of benzene rings is 1. The summed E-state index contributed by atoms with van der Waals surface area (Å²) in [5, 5.41) is 0. The molecule has 1 saturated carbocycles. The van der Waals surface area contributed by atoms with Crippen LogP contribution in [0.3, 0.4) is 0 Å². The molecular formula is C20H28O3. The van der Waals surface area contributed by atoms with Gasteiger partial charge in [0.1, 0.15) is 0 Å². The Morgan fingerprint density at radius 2 is 1.87 bits per heavy atom. The number of hydrogen-bond donors (Lipinski definition) is 0. The number of ether oxygens (including phenoxy) is 2. The molecule has 0 heterocycles. The highest BCUT2D eigenvalue weighted by Crippen LogP contribution is 2.61. The molecule has 23 heavy (non-hydrogen) atoms. The summed E-state index contributed by atoms with van der Waals surface area (Å²) in [7, 11) is 1.40. The molecule has 0 aliphatic heterocycles. The van der Waals surface area contributed by atoms with Gasteiger partial charge in [-0.05, 0) is 42.1 Å². The normalized spacial score (nSPS) is 22.2. The lowest BCUT2D eigenvalue weighted by Crippen LogP contribution is -1.99. The number of hydrogen-bond acceptors (Lipinski definition) is 3. The molecule has 0 bridgehead atoms. The van der Waals surface area contributed by atoms with Crippen molar-refractivity contribution in [3.05, 3.63) is 48.0 Å². The summed E-state index contributed by atoms with van der Waals surface area (Å²) in [5.74, 6) is 1.18. The van der Waals surface area contributed by atoms with Gasteiger partial charge in [0.05, 0.1) is 13.7 Å². The van der Waals surface area contributed by atoms with Crippen molar-refractivity contribution in [3.63, 3.8) is 0 Å². The SMILES string of the molecule is COC(=O)/C=C/CCC1C(CCOCc2ccccc2)C1(C)C. The van der Waals surface area contributed by atoms with Gasteiger partial charge in [-0.3, -0.25) is 0 Å². The van der Waals surface area contributed by atoms with Crippen LogP contribution in [-0.2, 0) is 20.9 Å². The zero-order chi connectivity index (χ0) is 16.7. The van der Waals surface area contributed by atoms with Crippen molar-refractivity contribution in [1.29, 1.82) is 0 Å². The first-order valence-electron chi connectivity index (χ1n) is 8.42. The maximum absolute atomic E-state index is 11.0. The summed E-state index contributed by atoms with van der Waals surface area (Å²) >= 11 is 0. The standard InChI is InChI=1S/C20H28O3/c1-20(2)17(11-7-8-12-19(21)22-3)18(20)13-14-23-15-16-9-5-4-6-10-16/h4-6,8-10,12,17-18H,7,11,13-15H2,1-3H3/b12-8+. The van der Waals surface area contributed by atoms with Gasteiger partial charge in [-0.2, -0.15) is 0 Å². The third kappa shape index (κ3) is 5.21. The van der Waals surface area contributed by atoms with Crippen molar-refractivity contribution >= 4 is 5.97 Å². The van der Waals surface area contributed by atoms with Gasteiger partial charge in [-0.15, -0.1) is 0 Å². The van der Waals surface area contributed by atoms with Gasteiger partial charge >= 0.3 is 5.97 Å². The minimum Gasteiger partial charge on any atom is -0.466 e. The Kier molecular flexibility index (Phi) is 6.40. The third-order valence-electron chi connectivity index (χ3n) is 5.07. The number of esters is 1. The van der Waals surface area contributed by atoms with Crippen LogP contribution in [0.15, 0.2) is 42.5 Å². The third-order valence-corrected chi connectivity index (χ3v) is 5.07. The largest absolute Gasteiger partial charge is 0.466 e. The highest BCUT2D eigenvalue weighted by Gasteiger charge is 2.55. The van der Waals surface area contributed by atoms with Crippen LogP contribution >= 0.6 is 0 Å². The molecule has 0 amide bonds. The van der Waals surface area contributed by atoms with E-state index in [4.69, 9.17) is 4.74 Å². The topological polar surface area (TPSA) is 35.5 Å². The molecule has 0 radical (unpaired) electrons. The van der Waals surface area contributed by atoms with Crippen molar-refractivity contribution in [3.8, 4) is 0 Å². The highest BCUT2D eigenvalue weighted by molar-refractivity contribution is 5.81. The van der Waals surface area contributed by atoms with Crippen LogP contribution in [0, 0.1) is 17.3 Å². The van der Waals surface area contributed by atoms with E-state index in [0.717, 1.165) is 37.7 Å². The van der Waals surface area contributed by atoms with Gasteiger partial charge in [-0.25, -0.2) is 4.79 Å². The van der Waals surface area contributed by atoms with E-state index in [9.17, 15) is 4.79 Å². The van der Waals surface area contributed by atoms with Crippen LogP contribution in [0.2, 0.25) is 0 Å². The Labute approximate surface area is 139 Å². The second-order valence-corrected chi connectivity index (χ2v) is 6.86. The Morgan fingerprint density at radius 1 is 1.17 bits per heavy atom. The maximum atomic E-state index is 11.0. The first-order valence-corrected chi connectivity index (χ1v) is 8.42. The van der Waals surface area contributed by atoms with E-state index in [1.165, 1.54) is 18.7 Å². The van der Waals surface area contributed by atoms with Crippen LogP contribution in [0.25, 0.3) is 0 Å².